The van der Waals surface area contributed by atoms with E-state index >= 15 is 0 Å². The van der Waals surface area contributed by atoms with E-state index in [1.807, 2.05) is 0 Å². The van der Waals surface area contributed by atoms with Crippen LogP contribution in [-0.4, -0.2) is 24.0 Å². The Morgan fingerprint density at radius 2 is 1.85 bits per heavy atom. The van der Waals surface area contributed by atoms with Crippen molar-refractivity contribution in [1.82, 2.24) is 4.90 Å². The van der Waals surface area contributed by atoms with Gasteiger partial charge in [-0.05, 0) is 45.2 Å². The molecule has 2 aliphatic rings. The summed E-state index contributed by atoms with van der Waals surface area (Å²) in [5, 5.41) is 0. The minimum Gasteiger partial charge on any atom is -0.301 e. The third kappa shape index (κ3) is 1.76. The summed E-state index contributed by atoms with van der Waals surface area (Å²) in [4.78, 5) is 2.66. The quantitative estimate of drug-likeness (QED) is 0.555. The molecule has 1 aliphatic carbocycles. The van der Waals surface area contributed by atoms with Crippen LogP contribution in [-0.2, 0) is 0 Å². The predicted molar refractivity (Wildman–Crippen MR) is 56.8 cm³/mol. The van der Waals surface area contributed by atoms with Crippen molar-refractivity contribution in [2.45, 2.75) is 57.4 Å². The lowest BCUT2D eigenvalue weighted by atomic mass is 9.72. The molecule has 0 aromatic rings. The summed E-state index contributed by atoms with van der Waals surface area (Å²) in [6.45, 7) is 3.77. The summed E-state index contributed by atoms with van der Waals surface area (Å²) >= 11 is 0. The van der Waals surface area contributed by atoms with E-state index in [9.17, 15) is 0 Å². The lowest BCUT2D eigenvalue weighted by molar-refractivity contribution is 0.0159. The monoisotopic (exact) mass is 181 g/mol. The molecule has 0 aromatic heterocycles. The highest BCUT2D eigenvalue weighted by molar-refractivity contribution is 4.95. The fourth-order valence-electron chi connectivity index (χ4n) is 3.35. The van der Waals surface area contributed by atoms with Crippen molar-refractivity contribution in [1.29, 1.82) is 0 Å². The third-order valence-electron chi connectivity index (χ3n) is 4.28. The van der Waals surface area contributed by atoms with E-state index in [1.54, 1.807) is 0 Å². The topological polar surface area (TPSA) is 3.24 Å². The average molecular weight is 181 g/mol. The van der Waals surface area contributed by atoms with Gasteiger partial charge >= 0.3 is 0 Å². The van der Waals surface area contributed by atoms with Crippen molar-refractivity contribution in [3.63, 3.8) is 0 Å². The predicted octanol–water partition coefficient (Wildman–Crippen LogP) is 3.05. The molecular formula is C12H23N. The van der Waals surface area contributed by atoms with Crippen LogP contribution in [0, 0.1) is 5.92 Å². The maximum absolute atomic E-state index is 2.66. The third-order valence-corrected chi connectivity index (χ3v) is 4.28. The molecule has 1 heteroatoms. The first-order chi connectivity index (χ1) is 6.23. The zero-order valence-corrected chi connectivity index (χ0v) is 9.18. The van der Waals surface area contributed by atoms with E-state index in [4.69, 9.17) is 0 Å². The molecule has 0 amide bonds. The zero-order chi connectivity index (χ0) is 9.31. The summed E-state index contributed by atoms with van der Waals surface area (Å²) in [7, 11) is 2.34. The van der Waals surface area contributed by atoms with Crippen LogP contribution in [0.15, 0.2) is 0 Å². The minimum atomic E-state index is 0.621. The molecule has 1 aliphatic heterocycles. The smallest absolute Gasteiger partial charge is 0.0209 e. The Morgan fingerprint density at radius 3 is 2.54 bits per heavy atom. The fraction of sp³-hybridized carbons (Fsp3) is 1.00. The molecule has 0 radical (unpaired) electrons. The van der Waals surface area contributed by atoms with Crippen molar-refractivity contribution in [3.05, 3.63) is 0 Å². The molecule has 1 atom stereocenters. The van der Waals surface area contributed by atoms with Crippen LogP contribution in [0.4, 0.5) is 0 Å². The summed E-state index contributed by atoms with van der Waals surface area (Å²) in [5.74, 6) is 0.967. The number of nitrogens with zero attached hydrogens (tertiary/aromatic N) is 1. The van der Waals surface area contributed by atoms with Gasteiger partial charge in [-0.1, -0.05) is 26.2 Å². The van der Waals surface area contributed by atoms with Crippen molar-refractivity contribution >= 4 is 0 Å². The van der Waals surface area contributed by atoms with Crippen LogP contribution >= 0.6 is 0 Å². The van der Waals surface area contributed by atoms with E-state index in [0.29, 0.717) is 5.54 Å². The summed E-state index contributed by atoms with van der Waals surface area (Å²) in [5.41, 5.74) is 0.621. The molecule has 1 heterocycles. The number of hydrogen-bond donors (Lipinski definition) is 0. The first kappa shape index (κ1) is 9.51. The molecule has 0 N–H and O–H groups in total. The van der Waals surface area contributed by atoms with Gasteiger partial charge in [0.15, 0.2) is 0 Å². The molecule has 0 bridgehead atoms. The van der Waals surface area contributed by atoms with E-state index in [1.165, 1.54) is 51.5 Å². The van der Waals surface area contributed by atoms with E-state index < -0.39 is 0 Å². The minimum absolute atomic E-state index is 0.621. The molecule has 1 spiro atoms. The molecule has 13 heavy (non-hydrogen) atoms. The number of hydrogen-bond acceptors (Lipinski definition) is 1. The Balaban J connectivity index is 2.07. The standard InChI is InChI=1S/C12H23N/c1-11-6-9-13(2)12(10-11)7-4-3-5-8-12/h11H,3-10H2,1-2H3/t11-/m1/s1. The Kier molecular flexibility index (Phi) is 2.64. The van der Waals surface area contributed by atoms with Gasteiger partial charge in [0.1, 0.15) is 0 Å². The largest absolute Gasteiger partial charge is 0.301 e. The molecule has 2 rings (SSSR count). The maximum Gasteiger partial charge on any atom is 0.0209 e. The molecular weight excluding hydrogens is 158 g/mol. The lowest BCUT2D eigenvalue weighted by Gasteiger charge is -2.50. The van der Waals surface area contributed by atoms with Gasteiger partial charge in [-0.2, -0.15) is 0 Å². The lowest BCUT2D eigenvalue weighted by Crippen LogP contribution is -2.52. The van der Waals surface area contributed by atoms with Gasteiger partial charge in [0.2, 0.25) is 0 Å². The van der Waals surface area contributed by atoms with E-state index in [-0.39, 0.29) is 0 Å². The first-order valence-electron chi connectivity index (χ1n) is 5.94. The van der Waals surface area contributed by atoms with Gasteiger partial charge in [0.05, 0.1) is 0 Å². The fourth-order valence-corrected chi connectivity index (χ4v) is 3.35. The molecule has 0 aromatic carbocycles. The summed E-state index contributed by atoms with van der Waals surface area (Å²) in [6, 6.07) is 0. The van der Waals surface area contributed by atoms with Gasteiger partial charge in [-0.3, -0.25) is 0 Å². The normalized spacial score (nSPS) is 35.1. The van der Waals surface area contributed by atoms with Crippen molar-refractivity contribution < 1.29 is 0 Å². The van der Waals surface area contributed by atoms with Gasteiger partial charge in [0, 0.05) is 5.54 Å². The molecule has 0 unspecified atom stereocenters. The maximum atomic E-state index is 2.66. The van der Waals surface area contributed by atoms with Crippen LogP contribution in [0.1, 0.15) is 51.9 Å². The van der Waals surface area contributed by atoms with Crippen LogP contribution in [0.25, 0.3) is 0 Å². The molecule has 1 nitrogen and oxygen atoms in total. The zero-order valence-electron chi connectivity index (χ0n) is 9.18. The van der Waals surface area contributed by atoms with Crippen molar-refractivity contribution in [2.24, 2.45) is 5.92 Å². The highest BCUT2D eigenvalue weighted by Gasteiger charge is 2.39. The highest BCUT2D eigenvalue weighted by Crippen LogP contribution is 2.41. The Labute approximate surface area is 82.5 Å². The van der Waals surface area contributed by atoms with Crippen LogP contribution in [0.3, 0.4) is 0 Å². The molecule has 1 saturated carbocycles. The number of piperidine rings is 1. The van der Waals surface area contributed by atoms with E-state index in [0.717, 1.165) is 5.92 Å². The highest BCUT2D eigenvalue weighted by atomic mass is 15.2. The van der Waals surface area contributed by atoms with Crippen LogP contribution in [0.2, 0.25) is 0 Å². The molecule has 2 fully saturated rings. The Hall–Kier alpha value is -0.0400. The average Bonchev–Trinajstić information content (AvgIpc) is 2.14. The van der Waals surface area contributed by atoms with Crippen molar-refractivity contribution in [2.75, 3.05) is 13.6 Å². The SMILES string of the molecule is C[C@@H]1CCN(C)C2(CCCCC2)C1. The second-order valence-corrected chi connectivity index (χ2v) is 5.30. The second-order valence-electron chi connectivity index (χ2n) is 5.30. The number of likely N-dealkylation sites (tertiary alicyclic amines) is 1. The van der Waals surface area contributed by atoms with Crippen molar-refractivity contribution in [3.8, 4) is 0 Å². The van der Waals surface area contributed by atoms with Gasteiger partial charge in [0.25, 0.3) is 0 Å². The van der Waals surface area contributed by atoms with Crippen LogP contribution < -0.4 is 0 Å². The van der Waals surface area contributed by atoms with Crippen LogP contribution in [0.5, 0.6) is 0 Å². The van der Waals surface area contributed by atoms with Gasteiger partial charge in [-0.25, -0.2) is 0 Å². The van der Waals surface area contributed by atoms with E-state index in [2.05, 4.69) is 18.9 Å². The Bertz CT molecular complexity index is 170. The molecule has 1 saturated heterocycles. The van der Waals surface area contributed by atoms with Gasteiger partial charge < -0.3 is 4.90 Å². The van der Waals surface area contributed by atoms with Gasteiger partial charge in [-0.15, -0.1) is 0 Å². The summed E-state index contributed by atoms with van der Waals surface area (Å²) < 4.78 is 0. The summed E-state index contributed by atoms with van der Waals surface area (Å²) in [6.07, 6.45) is 10.2. The molecule has 76 valence electrons. The first-order valence-corrected chi connectivity index (χ1v) is 5.94. The Morgan fingerprint density at radius 1 is 1.15 bits per heavy atom. The number of rotatable bonds is 0. The second kappa shape index (κ2) is 3.61.